The first-order valence-electron chi connectivity index (χ1n) is 4.29. The van der Waals surface area contributed by atoms with Gasteiger partial charge < -0.3 is 10.2 Å². The lowest BCUT2D eigenvalue weighted by molar-refractivity contribution is -0.140. The molecular formula is C10H9FO3. The molecule has 4 heteroatoms. The van der Waals surface area contributed by atoms with E-state index in [4.69, 9.17) is 5.11 Å². The van der Waals surface area contributed by atoms with Crippen molar-refractivity contribution in [3.63, 3.8) is 0 Å². The highest BCUT2D eigenvalue weighted by Gasteiger charge is 2.53. The third kappa shape index (κ3) is 1.07. The molecule has 0 atom stereocenters. The highest BCUT2D eigenvalue weighted by atomic mass is 19.1. The molecule has 2 N–H and O–H groups in total. The molecule has 2 rings (SSSR count). The van der Waals surface area contributed by atoms with Crippen molar-refractivity contribution in [3.05, 3.63) is 29.6 Å². The van der Waals surface area contributed by atoms with E-state index >= 15 is 0 Å². The molecule has 3 nitrogen and oxygen atoms in total. The van der Waals surface area contributed by atoms with Crippen molar-refractivity contribution in [2.75, 3.05) is 0 Å². The van der Waals surface area contributed by atoms with E-state index in [-0.39, 0.29) is 5.56 Å². The monoisotopic (exact) mass is 196 g/mol. The van der Waals surface area contributed by atoms with Gasteiger partial charge in [-0.3, -0.25) is 4.79 Å². The lowest BCUT2D eigenvalue weighted by atomic mass is 9.95. The van der Waals surface area contributed by atoms with Gasteiger partial charge in [0.25, 0.3) is 0 Å². The quantitative estimate of drug-likeness (QED) is 0.756. The topological polar surface area (TPSA) is 57.5 Å². The SMILES string of the molecule is O=C(O)C1(c2cccc(F)c2O)CC1. The Morgan fingerprint density at radius 2 is 2.07 bits per heavy atom. The predicted molar refractivity (Wildman–Crippen MR) is 46.6 cm³/mol. The van der Waals surface area contributed by atoms with Crippen molar-refractivity contribution in [2.45, 2.75) is 18.3 Å². The summed E-state index contributed by atoms with van der Waals surface area (Å²) in [4.78, 5) is 10.9. The largest absolute Gasteiger partial charge is 0.505 e. The first kappa shape index (κ1) is 8.99. The molecule has 1 aliphatic rings. The van der Waals surface area contributed by atoms with Crippen LogP contribution in [0.25, 0.3) is 0 Å². The maximum absolute atomic E-state index is 13.0. The molecule has 0 radical (unpaired) electrons. The van der Waals surface area contributed by atoms with Gasteiger partial charge in [0, 0.05) is 5.56 Å². The van der Waals surface area contributed by atoms with Crippen molar-refractivity contribution in [1.82, 2.24) is 0 Å². The Bertz CT molecular complexity index is 396. The van der Waals surface area contributed by atoms with Crippen LogP contribution in [-0.4, -0.2) is 16.2 Å². The smallest absolute Gasteiger partial charge is 0.314 e. The van der Waals surface area contributed by atoms with Crippen molar-refractivity contribution in [2.24, 2.45) is 0 Å². The Morgan fingerprint density at radius 1 is 1.43 bits per heavy atom. The molecule has 1 saturated carbocycles. The Kier molecular flexibility index (Phi) is 1.74. The minimum Gasteiger partial charge on any atom is -0.505 e. The second-order valence-electron chi connectivity index (χ2n) is 3.52. The van der Waals surface area contributed by atoms with Crippen LogP contribution in [0.4, 0.5) is 4.39 Å². The number of halogens is 1. The zero-order valence-electron chi connectivity index (χ0n) is 7.33. The molecule has 0 amide bonds. The van der Waals surface area contributed by atoms with Crippen LogP contribution < -0.4 is 0 Å². The second kappa shape index (κ2) is 2.70. The zero-order chi connectivity index (χ0) is 10.3. The highest BCUT2D eigenvalue weighted by molar-refractivity contribution is 5.85. The average Bonchev–Trinajstić information content (AvgIpc) is 2.90. The Hall–Kier alpha value is -1.58. The van der Waals surface area contributed by atoms with Crippen LogP contribution in [0, 0.1) is 5.82 Å². The first-order valence-corrected chi connectivity index (χ1v) is 4.29. The van der Waals surface area contributed by atoms with Gasteiger partial charge in [-0.15, -0.1) is 0 Å². The van der Waals surface area contributed by atoms with Crippen LogP contribution in [0.3, 0.4) is 0 Å². The van der Waals surface area contributed by atoms with Crippen LogP contribution in [0.5, 0.6) is 5.75 Å². The summed E-state index contributed by atoms with van der Waals surface area (Å²) in [6.07, 6.45) is 0.915. The molecule has 0 unspecified atom stereocenters. The van der Waals surface area contributed by atoms with E-state index in [1.54, 1.807) is 0 Å². The van der Waals surface area contributed by atoms with E-state index in [9.17, 15) is 14.3 Å². The van der Waals surface area contributed by atoms with Gasteiger partial charge in [-0.1, -0.05) is 12.1 Å². The van der Waals surface area contributed by atoms with E-state index in [0.717, 1.165) is 6.07 Å². The van der Waals surface area contributed by atoms with Crippen molar-refractivity contribution in [3.8, 4) is 5.75 Å². The average molecular weight is 196 g/mol. The van der Waals surface area contributed by atoms with E-state index in [0.29, 0.717) is 12.8 Å². The van der Waals surface area contributed by atoms with Gasteiger partial charge in [0.15, 0.2) is 11.6 Å². The fraction of sp³-hybridized carbons (Fsp3) is 0.300. The Balaban J connectivity index is 2.52. The van der Waals surface area contributed by atoms with Gasteiger partial charge in [-0.2, -0.15) is 0 Å². The van der Waals surface area contributed by atoms with E-state index in [1.807, 2.05) is 0 Å². The Labute approximate surface area is 79.8 Å². The number of rotatable bonds is 2. The highest BCUT2D eigenvalue weighted by Crippen LogP contribution is 2.51. The van der Waals surface area contributed by atoms with Gasteiger partial charge in [-0.05, 0) is 18.9 Å². The molecular weight excluding hydrogens is 187 g/mol. The minimum absolute atomic E-state index is 0.185. The maximum atomic E-state index is 13.0. The van der Waals surface area contributed by atoms with Crippen LogP contribution in [0.2, 0.25) is 0 Å². The second-order valence-corrected chi connectivity index (χ2v) is 3.52. The molecule has 0 aromatic heterocycles. The van der Waals surface area contributed by atoms with E-state index < -0.39 is 23.0 Å². The molecule has 0 bridgehead atoms. The maximum Gasteiger partial charge on any atom is 0.314 e. The zero-order valence-corrected chi connectivity index (χ0v) is 7.33. The fourth-order valence-electron chi connectivity index (χ4n) is 1.62. The molecule has 1 aromatic rings. The molecule has 1 aromatic carbocycles. The lowest BCUT2D eigenvalue weighted by Crippen LogP contribution is -2.19. The standard InChI is InChI=1S/C10H9FO3/c11-7-3-1-2-6(8(7)12)10(4-5-10)9(13)14/h1-3,12H,4-5H2,(H,13,14). The number of benzene rings is 1. The van der Waals surface area contributed by atoms with Crippen LogP contribution in [-0.2, 0) is 10.2 Å². The summed E-state index contributed by atoms with van der Waals surface area (Å²) in [5.74, 6) is -2.30. The number of carboxylic acids is 1. The molecule has 0 heterocycles. The number of aromatic hydroxyl groups is 1. The van der Waals surface area contributed by atoms with Gasteiger partial charge in [-0.25, -0.2) is 4.39 Å². The van der Waals surface area contributed by atoms with Crippen molar-refractivity contribution in [1.29, 1.82) is 0 Å². The fourth-order valence-corrected chi connectivity index (χ4v) is 1.62. The van der Waals surface area contributed by atoms with E-state index in [1.165, 1.54) is 12.1 Å². The van der Waals surface area contributed by atoms with Crippen LogP contribution >= 0.6 is 0 Å². The summed E-state index contributed by atoms with van der Waals surface area (Å²) in [5, 5.41) is 18.3. The van der Waals surface area contributed by atoms with Crippen molar-refractivity contribution >= 4 is 5.97 Å². The number of phenols is 1. The Morgan fingerprint density at radius 3 is 2.57 bits per heavy atom. The van der Waals surface area contributed by atoms with Crippen LogP contribution in [0.15, 0.2) is 18.2 Å². The van der Waals surface area contributed by atoms with Gasteiger partial charge in [0.2, 0.25) is 0 Å². The number of carboxylic acid groups (broad SMARTS) is 1. The minimum atomic E-state index is -1.05. The summed E-state index contributed by atoms with van der Waals surface area (Å²) >= 11 is 0. The number of carbonyl (C=O) groups is 1. The molecule has 14 heavy (non-hydrogen) atoms. The molecule has 1 aliphatic carbocycles. The first-order chi connectivity index (χ1) is 6.58. The molecule has 0 spiro atoms. The summed E-state index contributed by atoms with van der Waals surface area (Å²) in [6.45, 7) is 0. The van der Waals surface area contributed by atoms with E-state index in [2.05, 4.69) is 0 Å². The predicted octanol–water partition coefficient (Wildman–Crippen LogP) is 1.65. The summed E-state index contributed by atoms with van der Waals surface area (Å²) in [5.41, 5.74) is -0.864. The lowest BCUT2D eigenvalue weighted by Gasteiger charge is -2.11. The van der Waals surface area contributed by atoms with Crippen LogP contribution in [0.1, 0.15) is 18.4 Å². The molecule has 0 aliphatic heterocycles. The normalized spacial score (nSPS) is 17.8. The van der Waals surface area contributed by atoms with Crippen molar-refractivity contribution < 1.29 is 19.4 Å². The van der Waals surface area contributed by atoms with Gasteiger partial charge in [0.1, 0.15) is 0 Å². The molecule has 74 valence electrons. The number of hydrogen-bond acceptors (Lipinski definition) is 2. The number of hydrogen-bond donors (Lipinski definition) is 2. The summed E-state index contributed by atoms with van der Waals surface area (Å²) in [7, 11) is 0. The third-order valence-corrected chi connectivity index (χ3v) is 2.66. The summed E-state index contributed by atoms with van der Waals surface area (Å²) in [6, 6.07) is 3.98. The summed E-state index contributed by atoms with van der Waals surface area (Å²) < 4.78 is 13.0. The number of aliphatic carboxylic acids is 1. The number of para-hydroxylation sites is 1. The van der Waals surface area contributed by atoms with Gasteiger partial charge in [0.05, 0.1) is 5.41 Å². The number of phenolic OH excluding ortho intramolecular Hbond substituents is 1. The molecule has 0 saturated heterocycles. The van der Waals surface area contributed by atoms with Gasteiger partial charge >= 0.3 is 5.97 Å². The molecule has 1 fully saturated rings. The third-order valence-electron chi connectivity index (χ3n) is 2.66.